The minimum atomic E-state index is -1.23. The molecule has 4 aromatic rings. The molecule has 8 nitrogen and oxygen atoms in total. The van der Waals surface area contributed by atoms with Crippen LogP contribution < -0.4 is 10.3 Å². The van der Waals surface area contributed by atoms with E-state index in [4.69, 9.17) is 16.3 Å². The normalized spacial score (nSPS) is 11.7. The monoisotopic (exact) mass is 519 g/mol. The van der Waals surface area contributed by atoms with Crippen molar-refractivity contribution in [3.05, 3.63) is 79.7 Å². The number of aromatic nitrogens is 5. The van der Waals surface area contributed by atoms with E-state index in [1.54, 1.807) is 26.8 Å². The van der Waals surface area contributed by atoms with Crippen molar-refractivity contribution in [2.75, 3.05) is 0 Å². The number of halogens is 3. The first-order valence-corrected chi connectivity index (χ1v) is 11.5. The van der Waals surface area contributed by atoms with E-state index in [1.807, 2.05) is 6.92 Å². The van der Waals surface area contributed by atoms with E-state index in [9.17, 15) is 18.7 Å². The molecule has 0 aliphatic heterocycles. The van der Waals surface area contributed by atoms with Crippen molar-refractivity contribution < 1.29 is 18.6 Å². The molecule has 0 saturated carbocycles. The van der Waals surface area contributed by atoms with Crippen molar-refractivity contribution in [1.29, 1.82) is 0 Å². The van der Waals surface area contributed by atoms with Crippen LogP contribution in [0.25, 0.3) is 16.5 Å². The molecule has 4 heterocycles. The summed E-state index contributed by atoms with van der Waals surface area (Å²) in [6, 6.07) is 3.89. The van der Waals surface area contributed by atoms with Gasteiger partial charge in [-0.25, -0.2) is 23.7 Å². The molecule has 0 aliphatic carbocycles. The maximum atomic E-state index is 13.9. The minimum absolute atomic E-state index is 0.0367. The number of hydrogen-bond acceptors (Lipinski definition) is 8. The molecule has 4 rings (SSSR count). The van der Waals surface area contributed by atoms with Crippen LogP contribution in [0.5, 0.6) is 5.75 Å². The second kappa shape index (κ2) is 9.40. The van der Waals surface area contributed by atoms with Crippen LogP contribution in [-0.2, 0) is 12.2 Å². The molecule has 0 unspecified atom stereocenters. The number of rotatable bonds is 6. The summed E-state index contributed by atoms with van der Waals surface area (Å²) < 4.78 is 33.8. The van der Waals surface area contributed by atoms with E-state index in [1.165, 1.54) is 28.2 Å². The molecule has 0 saturated heterocycles. The van der Waals surface area contributed by atoms with Gasteiger partial charge in [0.25, 0.3) is 5.56 Å². The predicted octanol–water partition coefficient (Wildman–Crippen LogP) is 4.50. The molecular weight excluding hydrogens is 500 g/mol. The average Bonchev–Trinajstić information content (AvgIpc) is 3.17. The highest BCUT2D eigenvalue weighted by Gasteiger charge is 2.23. The zero-order valence-corrected chi connectivity index (χ0v) is 20.7. The van der Waals surface area contributed by atoms with Crippen LogP contribution in [-0.4, -0.2) is 29.6 Å². The molecule has 0 bridgehead atoms. The smallest absolute Gasteiger partial charge is 0.279 e. The Hall–Kier alpha value is -3.28. The lowest BCUT2D eigenvalue weighted by atomic mass is 10.1. The summed E-state index contributed by atoms with van der Waals surface area (Å²) in [5.74, 6) is -1.02. The topological polar surface area (TPSA) is 103 Å². The van der Waals surface area contributed by atoms with Gasteiger partial charge in [-0.05, 0) is 33.8 Å². The first-order valence-electron chi connectivity index (χ1n) is 10.3. The van der Waals surface area contributed by atoms with Gasteiger partial charge >= 0.3 is 0 Å². The molecule has 4 aromatic heterocycles. The SMILES string of the molecule is Cc1sc(-c2ccnc(C(C)(C)O)n2)nc1-n1c(C)cc(OCc2ncc(F)cc2F)c(Cl)c1=O. The van der Waals surface area contributed by atoms with Crippen molar-refractivity contribution in [1.82, 2.24) is 24.5 Å². The van der Waals surface area contributed by atoms with Crippen molar-refractivity contribution >= 4 is 22.9 Å². The van der Waals surface area contributed by atoms with Crippen molar-refractivity contribution in [2.45, 2.75) is 39.9 Å². The zero-order chi connectivity index (χ0) is 25.5. The van der Waals surface area contributed by atoms with E-state index < -0.39 is 22.8 Å². The zero-order valence-electron chi connectivity index (χ0n) is 19.1. The number of aryl methyl sites for hydroxylation is 2. The highest BCUT2D eigenvalue weighted by Crippen LogP contribution is 2.31. The molecule has 12 heteroatoms. The lowest BCUT2D eigenvalue weighted by molar-refractivity contribution is 0.0688. The van der Waals surface area contributed by atoms with Gasteiger partial charge in [-0.1, -0.05) is 11.6 Å². The van der Waals surface area contributed by atoms with Crippen molar-refractivity contribution in [2.24, 2.45) is 0 Å². The fraction of sp³-hybridized carbons (Fsp3) is 0.261. The number of nitrogens with zero attached hydrogens (tertiary/aromatic N) is 5. The molecule has 0 spiro atoms. The van der Waals surface area contributed by atoms with Gasteiger partial charge in [0, 0.05) is 28.9 Å². The number of hydrogen-bond donors (Lipinski definition) is 1. The molecule has 0 fully saturated rings. The summed E-state index contributed by atoms with van der Waals surface area (Å²) in [6.45, 7) is 6.31. The predicted molar refractivity (Wildman–Crippen MR) is 127 cm³/mol. The molecule has 0 amide bonds. The first-order chi connectivity index (χ1) is 16.5. The maximum absolute atomic E-state index is 13.9. The van der Waals surface area contributed by atoms with Gasteiger partial charge in [0.1, 0.15) is 45.2 Å². The van der Waals surface area contributed by atoms with E-state index in [-0.39, 0.29) is 28.9 Å². The third kappa shape index (κ3) is 5.07. The highest BCUT2D eigenvalue weighted by molar-refractivity contribution is 7.15. The summed E-state index contributed by atoms with van der Waals surface area (Å²) >= 11 is 7.62. The molecular formula is C23H20ClF2N5O3S. The maximum Gasteiger partial charge on any atom is 0.279 e. The van der Waals surface area contributed by atoms with E-state index >= 15 is 0 Å². The number of pyridine rings is 2. The summed E-state index contributed by atoms with van der Waals surface area (Å²) in [5.41, 5.74) is -0.952. The van der Waals surface area contributed by atoms with Crippen LogP contribution in [0, 0.1) is 25.5 Å². The molecule has 0 atom stereocenters. The third-order valence-corrected chi connectivity index (χ3v) is 6.28. The van der Waals surface area contributed by atoms with Crippen LogP contribution in [0.2, 0.25) is 5.02 Å². The Morgan fingerprint density at radius 2 is 1.94 bits per heavy atom. The van der Waals surface area contributed by atoms with Gasteiger partial charge in [0.2, 0.25) is 0 Å². The van der Waals surface area contributed by atoms with E-state index in [0.717, 1.165) is 11.1 Å². The van der Waals surface area contributed by atoms with E-state index in [2.05, 4.69) is 19.9 Å². The summed E-state index contributed by atoms with van der Waals surface area (Å²) in [5, 5.41) is 10.5. The van der Waals surface area contributed by atoms with Gasteiger partial charge in [-0.2, -0.15) is 0 Å². The van der Waals surface area contributed by atoms with Crippen molar-refractivity contribution in [3.63, 3.8) is 0 Å². The Balaban J connectivity index is 1.68. The van der Waals surface area contributed by atoms with Crippen LogP contribution in [0.4, 0.5) is 8.78 Å². The molecule has 35 heavy (non-hydrogen) atoms. The van der Waals surface area contributed by atoms with E-state index in [0.29, 0.717) is 28.3 Å². The molecule has 0 aliphatic rings. The summed E-state index contributed by atoms with van der Waals surface area (Å²) in [4.78, 5) is 30.6. The van der Waals surface area contributed by atoms with Crippen LogP contribution >= 0.6 is 22.9 Å². The fourth-order valence-corrected chi connectivity index (χ4v) is 4.29. The summed E-state index contributed by atoms with van der Waals surface area (Å²) in [7, 11) is 0. The van der Waals surface area contributed by atoms with Gasteiger partial charge in [0.15, 0.2) is 17.5 Å². The first kappa shape index (κ1) is 24.8. The minimum Gasteiger partial charge on any atom is -0.485 e. The molecule has 0 aromatic carbocycles. The molecule has 182 valence electrons. The number of aliphatic hydroxyl groups is 1. The van der Waals surface area contributed by atoms with Crippen LogP contribution in [0.3, 0.4) is 0 Å². The Kier molecular flexibility index (Phi) is 6.67. The number of thiazole rings is 1. The Labute approximate surface area is 207 Å². The quantitative estimate of drug-likeness (QED) is 0.400. The van der Waals surface area contributed by atoms with Crippen molar-refractivity contribution in [3.8, 4) is 22.3 Å². The second-order valence-corrected chi connectivity index (χ2v) is 9.78. The Bertz CT molecular complexity index is 1480. The largest absolute Gasteiger partial charge is 0.485 e. The van der Waals surface area contributed by atoms with Gasteiger partial charge in [-0.3, -0.25) is 14.3 Å². The van der Waals surface area contributed by atoms with Gasteiger partial charge in [-0.15, -0.1) is 11.3 Å². The standard InChI is InChI=1S/C23H20ClF2N5O3S/c1-11-7-17(34-10-16-14(26)8-13(25)9-28-16)18(24)21(32)31(11)19-12(2)35-20(30-19)15-5-6-27-22(29-15)23(3,4)33/h5-9,33H,10H2,1-4H3. The molecule has 0 radical (unpaired) electrons. The Morgan fingerprint density at radius 3 is 2.63 bits per heavy atom. The summed E-state index contributed by atoms with van der Waals surface area (Å²) in [6.07, 6.45) is 2.41. The van der Waals surface area contributed by atoms with Gasteiger partial charge in [0.05, 0.1) is 6.20 Å². The Morgan fingerprint density at radius 1 is 1.20 bits per heavy atom. The highest BCUT2D eigenvalue weighted by atomic mass is 35.5. The average molecular weight is 520 g/mol. The lowest BCUT2D eigenvalue weighted by Gasteiger charge is -2.15. The number of ether oxygens (including phenoxy) is 1. The van der Waals surface area contributed by atoms with Crippen LogP contribution in [0.15, 0.2) is 35.4 Å². The fourth-order valence-electron chi connectivity index (χ4n) is 3.22. The second-order valence-electron chi connectivity index (χ2n) is 8.20. The molecule has 1 N–H and O–H groups in total. The third-order valence-electron chi connectivity index (χ3n) is 4.95. The van der Waals surface area contributed by atoms with Crippen LogP contribution in [0.1, 0.15) is 35.9 Å². The lowest BCUT2D eigenvalue weighted by Crippen LogP contribution is -2.23. The van der Waals surface area contributed by atoms with Gasteiger partial charge < -0.3 is 9.84 Å².